The minimum absolute atomic E-state index is 0.0154. The Morgan fingerprint density at radius 1 is 1.12 bits per heavy atom. The number of nitrogens with two attached hydrogens (primary N) is 2. The van der Waals surface area contributed by atoms with Crippen molar-refractivity contribution in [2.24, 2.45) is 5.73 Å². The SMILES string of the molecule is C=C(CN1Cc2c(-c3ccc(O)c(C(=O)c4ccc(OC)cc4)c3)ccc(N)c2C1=O)C(N)=O. The van der Waals surface area contributed by atoms with Gasteiger partial charge in [-0.25, -0.2) is 0 Å². The molecule has 0 radical (unpaired) electrons. The first-order valence-corrected chi connectivity index (χ1v) is 10.4. The van der Waals surface area contributed by atoms with Gasteiger partial charge in [-0.05, 0) is 59.2 Å². The molecule has 3 aromatic rings. The Hall–Kier alpha value is -4.59. The second kappa shape index (κ2) is 8.74. The summed E-state index contributed by atoms with van der Waals surface area (Å²) in [7, 11) is 1.53. The Kier molecular flexibility index (Phi) is 5.81. The molecule has 8 nitrogen and oxygen atoms in total. The summed E-state index contributed by atoms with van der Waals surface area (Å²) >= 11 is 0. The average molecular weight is 457 g/mol. The maximum atomic E-state index is 13.1. The van der Waals surface area contributed by atoms with Gasteiger partial charge in [-0.15, -0.1) is 0 Å². The third-order valence-corrected chi connectivity index (χ3v) is 5.83. The van der Waals surface area contributed by atoms with Crippen molar-refractivity contribution in [3.05, 3.63) is 89.0 Å². The van der Waals surface area contributed by atoms with Gasteiger partial charge in [0.2, 0.25) is 5.91 Å². The van der Waals surface area contributed by atoms with Gasteiger partial charge in [-0.2, -0.15) is 0 Å². The number of fused-ring (bicyclic) bond motifs is 1. The quantitative estimate of drug-likeness (QED) is 0.284. The zero-order valence-electron chi connectivity index (χ0n) is 18.5. The lowest BCUT2D eigenvalue weighted by molar-refractivity contribution is -0.114. The molecule has 0 saturated carbocycles. The number of carbonyl (C=O) groups excluding carboxylic acids is 3. The van der Waals surface area contributed by atoms with Crippen LogP contribution in [0.3, 0.4) is 0 Å². The van der Waals surface area contributed by atoms with E-state index in [9.17, 15) is 19.5 Å². The van der Waals surface area contributed by atoms with Gasteiger partial charge < -0.3 is 26.2 Å². The Bertz CT molecular complexity index is 1350. The molecular formula is C26H23N3O5. The number of anilines is 1. The Morgan fingerprint density at radius 3 is 2.47 bits per heavy atom. The summed E-state index contributed by atoms with van der Waals surface area (Å²) in [4.78, 5) is 38.9. The summed E-state index contributed by atoms with van der Waals surface area (Å²) in [6.07, 6.45) is 0. The molecule has 0 bridgehead atoms. The van der Waals surface area contributed by atoms with Gasteiger partial charge >= 0.3 is 0 Å². The van der Waals surface area contributed by atoms with Crippen LogP contribution in [0.25, 0.3) is 11.1 Å². The predicted octanol–water partition coefficient (Wildman–Crippen LogP) is 2.88. The fourth-order valence-corrected chi connectivity index (χ4v) is 3.99. The van der Waals surface area contributed by atoms with Crippen LogP contribution in [0.1, 0.15) is 31.8 Å². The van der Waals surface area contributed by atoms with E-state index < -0.39 is 5.91 Å². The summed E-state index contributed by atoms with van der Waals surface area (Å²) in [5, 5.41) is 10.4. The molecule has 0 atom stereocenters. The summed E-state index contributed by atoms with van der Waals surface area (Å²) in [5.41, 5.74) is 14.6. The van der Waals surface area contributed by atoms with Crippen LogP contribution in [0.15, 0.2) is 66.7 Å². The number of nitrogens with zero attached hydrogens (tertiary/aromatic N) is 1. The van der Waals surface area contributed by atoms with Crippen molar-refractivity contribution in [1.29, 1.82) is 0 Å². The van der Waals surface area contributed by atoms with Crippen molar-refractivity contribution >= 4 is 23.3 Å². The highest BCUT2D eigenvalue weighted by atomic mass is 16.5. The number of carbonyl (C=O) groups is 3. The number of rotatable bonds is 7. The van der Waals surface area contributed by atoms with E-state index in [2.05, 4.69) is 6.58 Å². The third kappa shape index (κ3) is 3.97. The summed E-state index contributed by atoms with van der Waals surface area (Å²) in [6.45, 7) is 3.81. The molecular weight excluding hydrogens is 434 g/mol. The van der Waals surface area contributed by atoms with E-state index in [4.69, 9.17) is 16.2 Å². The van der Waals surface area contributed by atoms with E-state index in [0.29, 0.717) is 39.3 Å². The molecule has 0 saturated heterocycles. The lowest BCUT2D eigenvalue weighted by atomic mass is 9.92. The molecule has 172 valence electrons. The van der Waals surface area contributed by atoms with Crippen molar-refractivity contribution in [1.82, 2.24) is 4.90 Å². The van der Waals surface area contributed by atoms with Crippen molar-refractivity contribution in [3.63, 3.8) is 0 Å². The number of hydrogen-bond acceptors (Lipinski definition) is 6. The van der Waals surface area contributed by atoms with E-state index in [-0.39, 0.29) is 41.7 Å². The van der Waals surface area contributed by atoms with E-state index in [1.807, 2.05) is 0 Å². The highest BCUT2D eigenvalue weighted by molar-refractivity contribution is 6.11. The number of phenols is 1. The minimum atomic E-state index is -0.683. The van der Waals surface area contributed by atoms with Crippen LogP contribution in [-0.2, 0) is 11.3 Å². The molecule has 4 rings (SSSR count). The molecule has 1 heterocycles. The van der Waals surface area contributed by atoms with E-state index in [0.717, 1.165) is 0 Å². The van der Waals surface area contributed by atoms with Gasteiger partial charge in [0, 0.05) is 23.4 Å². The molecule has 0 fully saturated rings. The van der Waals surface area contributed by atoms with E-state index >= 15 is 0 Å². The number of aromatic hydroxyl groups is 1. The van der Waals surface area contributed by atoms with Crippen LogP contribution >= 0.6 is 0 Å². The van der Waals surface area contributed by atoms with Gasteiger partial charge in [0.15, 0.2) is 5.78 Å². The van der Waals surface area contributed by atoms with Crippen LogP contribution in [0.2, 0.25) is 0 Å². The van der Waals surface area contributed by atoms with Crippen LogP contribution in [0, 0.1) is 0 Å². The molecule has 3 aromatic carbocycles. The largest absolute Gasteiger partial charge is 0.507 e. The molecule has 0 unspecified atom stereocenters. The van der Waals surface area contributed by atoms with Gasteiger partial charge in [-0.1, -0.05) is 18.7 Å². The monoisotopic (exact) mass is 457 g/mol. The van der Waals surface area contributed by atoms with Crippen molar-refractivity contribution in [2.75, 3.05) is 19.4 Å². The summed E-state index contributed by atoms with van der Waals surface area (Å²) in [5.74, 6) is -0.917. The van der Waals surface area contributed by atoms with Crippen LogP contribution < -0.4 is 16.2 Å². The first kappa shape index (κ1) is 22.6. The highest BCUT2D eigenvalue weighted by Crippen LogP contribution is 2.38. The normalized spacial score (nSPS) is 12.4. The Morgan fingerprint density at radius 2 is 1.82 bits per heavy atom. The fraction of sp³-hybridized carbons (Fsp3) is 0.115. The van der Waals surface area contributed by atoms with E-state index in [1.165, 1.54) is 18.1 Å². The number of primary amides is 1. The molecule has 0 aromatic heterocycles. The topological polar surface area (TPSA) is 136 Å². The first-order chi connectivity index (χ1) is 16.2. The number of nitrogen functional groups attached to an aromatic ring is 1. The molecule has 2 amide bonds. The average Bonchev–Trinajstić information content (AvgIpc) is 3.16. The molecule has 5 N–H and O–H groups in total. The van der Waals surface area contributed by atoms with E-state index in [1.54, 1.807) is 48.5 Å². The summed E-state index contributed by atoms with van der Waals surface area (Å²) < 4.78 is 5.13. The lowest BCUT2D eigenvalue weighted by Crippen LogP contribution is -2.30. The number of benzene rings is 3. The van der Waals surface area contributed by atoms with Gasteiger partial charge in [-0.3, -0.25) is 14.4 Å². The Balaban J connectivity index is 1.73. The molecule has 8 heteroatoms. The van der Waals surface area contributed by atoms with Crippen molar-refractivity contribution in [3.8, 4) is 22.6 Å². The fourth-order valence-electron chi connectivity index (χ4n) is 3.99. The number of phenolic OH excluding ortho intramolecular Hbond substituents is 1. The van der Waals surface area contributed by atoms with Crippen molar-refractivity contribution < 1.29 is 24.2 Å². The number of hydrogen-bond donors (Lipinski definition) is 3. The molecule has 0 aliphatic carbocycles. The van der Waals surface area contributed by atoms with Crippen LogP contribution in [0.5, 0.6) is 11.5 Å². The molecule has 34 heavy (non-hydrogen) atoms. The number of methoxy groups -OCH3 is 1. The Labute approximate surface area is 196 Å². The van der Waals surface area contributed by atoms with Crippen LogP contribution in [-0.4, -0.2) is 41.3 Å². The zero-order chi connectivity index (χ0) is 24.6. The standard InChI is InChI=1S/C26H23N3O5/c1-14(25(28)32)12-29-13-20-18(8-9-21(27)23(20)26(29)33)16-5-10-22(30)19(11-16)24(31)15-3-6-17(34-2)7-4-15/h3-11,30H,1,12-13,27H2,2H3,(H2,28,32). The van der Waals surface area contributed by atoms with Gasteiger partial charge in [0.1, 0.15) is 11.5 Å². The zero-order valence-corrected chi connectivity index (χ0v) is 18.5. The second-order valence-corrected chi connectivity index (χ2v) is 7.97. The molecule has 0 spiro atoms. The maximum absolute atomic E-state index is 13.1. The minimum Gasteiger partial charge on any atom is -0.507 e. The van der Waals surface area contributed by atoms with Crippen LogP contribution in [0.4, 0.5) is 5.69 Å². The first-order valence-electron chi connectivity index (χ1n) is 10.4. The number of amides is 2. The molecule has 1 aliphatic rings. The lowest BCUT2D eigenvalue weighted by Gasteiger charge is -2.16. The highest BCUT2D eigenvalue weighted by Gasteiger charge is 2.32. The van der Waals surface area contributed by atoms with Gasteiger partial charge in [0.25, 0.3) is 5.91 Å². The number of ketones is 1. The summed E-state index contributed by atoms with van der Waals surface area (Å²) in [6, 6.07) is 14.7. The molecule has 1 aliphatic heterocycles. The third-order valence-electron chi connectivity index (χ3n) is 5.83. The number of ether oxygens (including phenoxy) is 1. The second-order valence-electron chi connectivity index (χ2n) is 7.97. The maximum Gasteiger partial charge on any atom is 0.256 e. The smallest absolute Gasteiger partial charge is 0.256 e. The van der Waals surface area contributed by atoms with Crippen molar-refractivity contribution in [2.45, 2.75) is 6.54 Å². The predicted molar refractivity (Wildman–Crippen MR) is 127 cm³/mol. The van der Waals surface area contributed by atoms with Gasteiger partial charge in [0.05, 0.1) is 24.8 Å².